The maximum Gasteiger partial charge on any atom is 0.191 e. The normalized spacial score (nSPS) is 11.3. The van der Waals surface area contributed by atoms with Crippen LogP contribution in [0, 0.1) is 0 Å². The Bertz CT molecular complexity index is 627. The van der Waals surface area contributed by atoms with E-state index in [4.69, 9.17) is 4.74 Å². The lowest BCUT2D eigenvalue weighted by Crippen LogP contribution is -2.39. The van der Waals surface area contributed by atoms with Crippen LogP contribution in [0.3, 0.4) is 0 Å². The average molecular weight is 341 g/mol. The van der Waals surface area contributed by atoms with Gasteiger partial charge in [-0.3, -0.25) is 4.99 Å². The number of aromatic hydroxyl groups is 1. The zero-order valence-corrected chi connectivity index (χ0v) is 14.7. The lowest BCUT2D eigenvalue weighted by Gasteiger charge is -2.12. The third kappa shape index (κ3) is 7.72. The summed E-state index contributed by atoms with van der Waals surface area (Å²) in [6.07, 6.45) is 1.96. The van der Waals surface area contributed by atoms with Crippen molar-refractivity contribution in [3.8, 4) is 5.75 Å². The summed E-state index contributed by atoms with van der Waals surface area (Å²) in [5.41, 5.74) is 2.40. The monoisotopic (exact) mass is 341 g/mol. The van der Waals surface area contributed by atoms with Gasteiger partial charge in [-0.2, -0.15) is 0 Å². The van der Waals surface area contributed by atoms with Gasteiger partial charge in [0, 0.05) is 20.1 Å². The van der Waals surface area contributed by atoms with Crippen LogP contribution in [-0.4, -0.2) is 37.8 Å². The summed E-state index contributed by atoms with van der Waals surface area (Å²) in [6, 6.07) is 17.5. The number of benzene rings is 2. The summed E-state index contributed by atoms with van der Waals surface area (Å²) in [7, 11) is 1.76. The number of rotatable bonds is 9. The van der Waals surface area contributed by atoms with Crippen LogP contribution >= 0.6 is 0 Å². The van der Waals surface area contributed by atoms with Crippen LogP contribution in [0.25, 0.3) is 0 Å². The second kappa shape index (κ2) is 11.1. The van der Waals surface area contributed by atoms with Crippen molar-refractivity contribution in [3.63, 3.8) is 0 Å². The Balaban J connectivity index is 1.53. The number of phenols is 1. The van der Waals surface area contributed by atoms with Crippen LogP contribution in [0.5, 0.6) is 5.75 Å². The van der Waals surface area contributed by atoms with E-state index < -0.39 is 0 Å². The lowest BCUT2D eigenvalue weighted by molar-refractivity contribution is 0.125. The molecule has 0 aliphatic rings. The van der Waals surface area contributed by atoms with Gasteiger partial charge in [0.15, 0.2) is 5.96 Å². The molecule has 0 heterocycles. The van der Waals surface area contributed by atoms with Gasteiger partial charge in [-0.05, 0) is 36.1 Å². The van der Waals surface area contributed by atoms with Crippen molar-refractivity contribution in [2.24, 2.45) is 4.99 Å². The number of guanidine groups is 1. The van der Waals surface area contributed by atoms with Crippen LogP contribution < -0.4 is 10.6 Å². The molecule has 2 aromatic carbocycles. The molecule has 0 aliphatic carbocycles. The molecule has 5 nitrogen and oxygen atoms in total. The largest absolute Gasteiger partial charge is 0.508 e. The molecule has 0 spiro atoms. The van der Waals surface area contributed by atoms with Crippen molar-refractivity contribution in [3.05, 3.63) is 65.7 Å². The van der Waals surface area contributed by atoms with E-state index in [1.165, 1.54) is 11.1 Å². The summed E-state index contributed by atoms with van der Waals surface area (Å²) in [6.45, 7) is 2.81. The van der Waals surface area contributed by atoms with Crippen molar-refractivity contribution in [1.82, 2.24) is 10.6 Å². The van der Waals surface area contributed by atoms with Crippen molar-refractivity contribution in [1.29, 1.82) is 0 Å². The number of hydrogen-bond donors (Lipinski definition) is 3. The molecule has 0 saturated heterocycles. The van der Waals surface area contributed by atoms with Crippen LogP contribution in [-0.2, 0) is 17.8 Å². The van der Waals surface area contributed by atoms with Crippen molar-refractivity contribution in [2.75, 3.05) is 26.7 Å². The Morgan fingerprint density at radius 1 is 0.960 bits per heavy atom. The fourth-order valence-corrected chi connectivity index (χ4v) is 2.39. The molecule has 5 heteroatoms. The Morgan fingerprint density at radius 2 is 1.68 bits per heavy atom. The van der Waals surface area contributed by atoms with E-state index in [-0.39, 0.29) is 0 Å². The summed E-state index contributed by atoms with van der Waals surface area (Å²) >= 11 is 0. The van der Waals surface area contributed by atoms with Gasteiger partial charge in [-0.25, -0.2) is 0 Å². The van der Waals surface area contributed by atoms with Gasteiger partial charge >= 0.3 is 0 Å². The number of nitrogens with zero attached hydrogens (tertiary/aromatic N) is 1. The number of aryl methyl sites for hydroxylation is 1. The van der Waals surface area contributed by atoms with Gasteiger partial charge in [0.2, 0.25) is 0 Å². The molecular formula is C20H27N3O2. The molecule has 3 N–H and O–H groups in total. The number of phenolic OH excluding ortho intramolecular Hbond substituents is 1. The van der Waals surface area contributed by atoms with Gasteiger partial charge in [-0.1, -0.05) is 42.5 Å². The molecule has 0 fully saturated rings. The smallest absolute Gasteiger partial charge is 0.191 e. The van der Waals surface area contributed by atoms with Gasteiger partial charge in [0.25, 0.3) is 0 Å². The molecular weight excluding hydrogens is 314 g/mol. The minimum atomic E-state index is 0.306. The fourth-order valence-electron chi connectivity index (χ4n) is 2.39. The predicted octanol–water partition coefficient (Wildman–Crippen LogP) is 2.71. The van der Waals surface area contributed by atoms with Crippen LogP contribution in [0.15, 0.2) is 59.6 Å². The Labute approximate surface area is 149 Å². The second-order valence-electron chi connectivity index (χ2n) is 5.73. The van der Waals surface area contributed by atoms with E-state index in [1.54, 1.807) is 19.2 Å². The molecule has 25 heavy (non-hydrogen) atoms. The zero-order valence-electron chi connectivity index (χ0n) is 14.7. The Morgan fingerprint density at radius 3 is 2.40 bits per heavy atom. The standard InChI is InChI=1S/C20H27N3O2/c1-21-20(22-13-5-8-17-9-11-19(24)12-10-17)23-14-15-25-16-18-6-3-2-4-7-18/h2-4,6-7,9-12,24H,5,8,13-16H2,1H3,(H2,21,22,23). The molecule has 0 aromatic heterocycles. The minimum absolute atomic E-state index is 0.306. The summed E-state index contributed by atoms with van der Waals surface area (Å²) in [5, 5.41) is 15.8. The van der Waals surface area contributed by atoms with Crippen LogP contribution in [0.1, 0.15) is 17.5 Å². The number of aliphatic imine (C=N–C) groups is 1. The molecule has 0 amide bonds. The minimum Gasteiger partial charge on any atom is -0.508 e. The highest BCUT2D eigenvalue weighted by molar-refractivity contribution is 5.79. The fraction of sp³-hybridized carbons (Fsp3) is 0.350. The van der Waals surface area contributed by atoms with Crippen molar-refractivity contribution < 1.29 is 9.84 Å². The summed E-state index contributed by atoms with van der Waals surface area (Å²) in [5.74, 6) is 1.09. The third-order valence-electron chi connectivity index (χ3n) is 3.75. The number of ether oxygens (including phenoxy) is 1. The molecule has 0 aliphatic heterocycles. The molecule has 2 aromatic rings. The first-order valence-electron chi connectivity index (χ1n) is 8.62. The van der Waals surface area contributed by atoms with E-state index in [0.29, 0.717) is 25.5 Å². The topological polar surface area (TPSA) is 65.9 Å². The number of nitrogens with one attached hydrogen (secondary N) is 2. The predicted molar refractivity (Wildman–Crippen MR) is 102 cm³/mol. The maximum absolute atomic E-state index is 9.27. The first-order chi connectivity index (χ1) is 12.3. The second-order valence-corrected chi connectivity index (χ2v) is 5.73. The quantitative estimate of drug-likeness (QED) is 0.373. The van der Waals surface area contributed by atoms with E-state index >= 15 is 0 Å². The maximum atomic E-state index is 9.27. The molecule has 0 atom stereocenters. The average Bonchev–Trinajstić information content (AvgIpc) is 2.65. The molecule has 2 rings (SSSR count). The van der Waals surface area contributed by atoms with Gasteiger partial charge < -0.3 is 20.5 Å². The highest BCUT2D eigenvalue weighted by atomic mass is 16.5. The summed E-state index contributed by atoms with van der Waals surface area (Å²) in [4.78, 5) is 4.21. The zero-order chi connectivity index (χ0) is 17.7. The highest BCUT2D eigenvalue weighted by Gasteiger charge is 1.98. The lowest BCUT2D eigenvalue weighted by atomic mass is 10.1. The SMILES string of the molecule is CN=C(NCCCc1ccc(O)cc1)NCCOCc1ccccc1. The van der Waals surface area contributed by atoms with E-state index in [9.17, 15) is 5.11 Å². The molecule has 134 valence electrons. The van der Waals surface area contributed by atoms with Gasteiger partial charge in [0.1, 0.15) is 5.75 Å². The molecule has 0 bridgehead atoms. The third-order valence-corrected chi connectivity index (χ3v) is 3.75. The Kier molecular flexibility index (Phi) is 8.35. The first kappa shape index (κ1) is 18.8. The molecule has 0 unspecified atom stereocenters. The van der Waals surface area contributed by atoms with Crippen LogP contribution in [0.4, 0.5) is 0 Å². The van der Waals surface area contributed by atoms with Crippen molar-refractivity contribution >= 4 is 5.96 Å². The Hall–Kier alpha value is -2.53. The van der Waals surface area contributed by atoms with E-state index in [1.807, 2.05) is 30.3 Å². The van der Waals surface area contributed by atoms with Crippen LogP contribution in [0.2, 0.25) is 0 Å². The number of hydrogen-bond acceptors (Lipinski definition) is 3. The van der Waals surface area contributed by atoms with Gasteiger partial charge in [0.05, 0.1) is 13.2 Å². The van der Waals surface area contributed by atoms with Gasteiger partial charge in [-0.15, -0.1) is 0 Å². The van der Waals surface area contributed by atoms with E-state index in [0.717, 1.165) is 25.3 Å². The van der Waals surface area contributed by atoms with E-state index in [2.05, 4.69) is 27.8 Å². The van der Waals surface area contributed by atoms with Crippen molar-refractivity contribution in [2.45, 2.75) is 19.4 Å². The molecule has 0 radical (unpaired) electrons. The highest BCUT2D eigenvalue weighted by Crippen LogP contribution is 2.10. The first-order valence-corrected chi connectivity index (χ1v) is 8.62. The molecule has 0 saturated carbocycles. The summed E-state index contributed by atoms with van der Waals surface area (Å²) < 4.78 is 5.64.